The number of carbonyl (C=O) groups is 2. The molecule has 2 amide bonds. The highest BCUT2D eigenvalue weighted by atomic mass is 35.5. The van der Waals surface area contributed by atoms with Crippen LogP contribution in [0.25, 0.3) is 0 Å². The van der Waals surface area contributed by atoms with Gasteiger partial charge in [0.25, 0.3) is 0 Å². The van der Waals surface area contributed by atoms with Crippen molar-refractivity contribution in [1.29, 1.82) is 0 Å². The largest absolute Gasteiger partial charge is 0.417 e. The number of nitrogens with one attached hydrogen (secondary N) is 1. The molecule has 0 saturated carbocycles. The van der Waals surface area contributed by atoms with Crippen LogP contribution in [0.4, 0.5) is 18.9 Å². The van der Waals surface area contributed by atoms with Crippen LogP contribution < -0.4 is 9.62 Å². The van der Waals surface area contributed by atoms with Crippen molar-refractivity contribution in [1.82, 2.24) is 10.2 Å². The molecule has 232 valence electrons. The van der Waals surface area contributed by atoms with Crippen LogP contribution in [0.5, 0.6) is 0 Å². The average Bonchev–Trinajstić information content (AvgIpc) is 2.92. The molecule has 0 heterocycles. The third-order valence-electron chi connectivity index (χ3n) is 6.61. The molecular weight excluding hydrogens is 603 g/mol. The first-order valence-corrected chi connectivity index (χ1v) is 15.8. The molecule has 0 aliphatic carbocycles. The number of amides is 2. The maximum atomic E-state index is 14.1. The lowest BCUT2D eigenvalue weighted by Gasteiger charge is -2.34. The standard InChI is InChI=1S/C31H35ClF3N3O4S/c1-21(2)18-36-30(40)28(16-23-10-6-5-7-11-23)37(19-24-12-8-9-22(3)15-24)29(39)20-38(43(4,41)42)25-13-14-27(32)26(17-25)31(33,34)35/h5-15,17,21,28H,16,18-20H2,1-4H3,(H,36,40)/t28-/m0/s1. The van der Waals surface area contributed by atoms with Crippen molar-refractivity contribution in [3.05, 3.63) is 100 Å². The second-order valence-corrected chi connectivity index (χ2v) is 13.1. The van der Waals surface area contributed by atoms with Crippen molar-refractivity contribution in [2.75, 3.05) is 23.7 Å². The summed E-state index contributed by atoms with van der Waals surface area (Å²) in [6, 6.07) is 17.9. The highest BCUT2D eigenvalue weighted by Crippen LogP contribution is 2.37. The van der Waals surface area contributed by atoms with E-state index in [0.29, 0.717) is 22.5 Å². The van der Waals surface area contributed by atoms with E-state index in [-0.39, 0.29) is 24.6 Å². The van der Waals surface area contributed by atoms with E-state index in [1.807, 2.05) is 51.1 Å². The molecule has 1 N–H and O–H groups in total. The number of hydrogen-bond acceptors (Lipinski definition) is 4. The SMILES string of the molecule is Cc1cccc(CN(C(=O)CN(c2ccc(Cl)c(C(F)(F)F)c2)S(C)(=O)=O)[C@@H](Cc2ccccc2)C(=O)NCC(C)C)c1. The van der Waals surface area contributed by atoms with Crippen LogP contribution in [0, 0.1) is 12.8 Å². The van der Waals surface area contributed by atoms with Gasteiger partial charge in [-0.25, -0.2) is 8.42 Å². The lowest BCUT2D eigenvalue weighted by Crippen LogP contribution is -2.53. The topological polar surface area (TPSA) is 86.8 Å². The molecule has 0 saturated heterocycles. The minimum absolute atomic E-state index is 0.0425. The molecule has 12 heteroatoms. The number of hydrogen-bond donors (Lipinski definition) is 1. The van der Waals surface area contributed by atoms with Gasteiger partial charge in [0, 0.05) is 19.5 Å². The summed E-state index contributed by atoms with van der Waals surface area (Å²) < 4.78 is 67.2. The van der Waals surface area contributed by atoms with E-state index < -0.39 is 51.2 Å². The Kier molecular flexibility index (Phi) is 11.3. The maximum Gasteiger partial charge on any atom is 0.417 e. The zero-order chi connectivity index (χ0) is 31.9. The van der Waals surface area contributed by atoms with E-state index in [1.165, 1.54) is 4.90 Å². The quantitative estimate of drug-likeness (QED) is 0.270. The molecule has 0 spiro atoms. The van der Waals surface area contributed by atoms with Gasteiger partial charge in [-0.3, -0.25) is 13.9 Å². The number of anilines is 1. The third kappa shape index (κ3) is 9.72. The molecule has 0 aromatic heterocycles. The Labute approximate surface area is 255 Å². The summed E-state index contributed by atoms with van der Waals surface area (Å²) in [6.07, 6.45) is -3.93. The lowest BCUT2D eigenvalue weighted by atomic mass is 10.0. The van der Waals surface area contributed by atoms with E-state index in [4.69, 9.17) is 11.6 Å². The van der Waals surface area contributed by atoms with Crippen molar-refractivity contribution >= 4 is 39.1 Å². The Morgan fingerprint density at radius 1 is 0.953 bits per heavy atom. The van der Waals surface area contributed by atoms with Crippen LogP contribution in [0.3, 0.4) is 0 Å². The highest BCUT2D eigenvalue weighted by Gasteiger charge is 2.36. The number of halogens is 4. The Balaban J connectivity index is 2.09. The van der Waals surface area contributed by atoms with E-state index in [2.05, 4.69) is 5.32 Å². The molecule has 1 atom stereocenters. The third-order valence-corrected chi connectivity index (χ3v) is 8.08. The zero-order valence-electron chi connectivity index (χ0n) is 24.4. The summed E-state index contributed by atoms with van der Waals surface area (Å²) in [7, 11) is -4.25. The van der Waals surface area contributed by atoms with Gasteiger partial charge in [0.05, 0.1) is 22.5 Å². The molecule has 0 fully saturated rings. The van der Waals surface area contributed by atoms with Gasteiger partial charge in [-0.05, 0) is 42.2 Å². The highest BCUT2D eigenvalue weighted by molar-refractivity contribution is 7.92. The Bertz CT molecular complexity index is 1530. The van der Waals surface area contributed by atoms with E-state index in [1.54, 1.807) is 24.3 Å². The first-order valence-electron chi connectivity index (χ1n) is 13.6. The number of benzene rings is 3. The predicted molar refractivity (Wildman–Crippen MR) is 162 cm³/mol. The summed E-state index contributed by atoms with van der Waals surface area (Å²) in [4.78, 5) is 29.0. The summed E-state index contributed by atoms with van der Waals surface area (Å²) in [5, 5.41) is 2.27. The van der Waals surface area contributed by atoms with Gasteiger partial charge in [-0.2, -0.15) is 13.2 Å². The summed E-state index contributed by atoms with van der Waals surface area (Å²) in [5.41, 5.74) is 0.750. The minimum atomic E-state index is -4.85. The Morgan fingerprint density at radius 3 is 2.19 bits per heavy atom. The molecule has 0 unspecified atom stereocenters. The number of nitrogens with zero attached hydrogens (tertiary/aromatic N) is 2. The van der Waals surface area contributed by atoms with Gasteiger partial charge in [0.15, 0.2) is 0 Å². The number of sulfonamides is 1. The van der Waals surface area contributed by atoms with Crippen molar-refractivity contribution in [2.45, 2.75) is 46.0 Å². The summed E-state index contributed by atoms with van der Waals surface area (Å²) in [6.45, 7) is 5.18. The van der Waals surface area contributed by atoms with Gasteiger partial charge in [0.2, 0.25) is 21.8 Å². The van der Waals surface area contributed by atoms with Gasteiger partial charge in [0.1, 0.15) is 12.6 Å². The van der Waals surface area contributed by atoms with Gasteiger partial charge >= 0.3 is 6.18 Å². The number of aryl methyl sites for hydroxylation is 1. The molecular formula is C31H35ClF3N3O4S. The van der Waals surface area contributed by atoms with Crippen molar-refractivity contribution in [3.8, 4) is 0 Å². The monoisotopic (exact) mass is 637 g/mol. The molecule has 0 radical (unpaired) electrons. The van der Waals surface area contributed by atoms with Crippen LogP contribution in [0.2, 0.25) is 5.02 Å². The van der Waals surface area contributed by atoms with Gasteiger partial charge < -0.3 is 10.2 Å². The van der Waals surface area contributed by atoms with Crippen molar-refractivity contribution < 1.29 is 31.2 Å². The molecule has 3 aromatic rings. The minimum Gasteiger partial charge on any atom is -0.354 e. The molecule has 0 aliphatic heterocycles. The van der Waals surface area contributed by atoms with Crippen LogP contribution in [0.1, 0.15) is 36.1 Å². The fourth-order valence-electron chi connectivity index (χ4n) is 4.48. The Morgan fingerprint density at radius 2 is 1.60 bits per heavy atom. The molecule has 3 rings (SSSR count). The maximum absolute atomic E-state index is 14.1. The smallest absolute Gasteiger partial charge is 0.354 e. The molecule has 7 nitrogen and oxygen atoms in total. The van der Waals surface area contributed by atoms with E-state index >= 15 is 0 Å². The normalized spacial score (nSPS) is 12.6. The van der Waals surface area contributed by atoms with Crippen molar-refractivity contribution in [3.63, 3.8) is 0 Å². The van der Waals surface area contributed by atoms with Crippen molar-refractivity contribution in [2.24, 2.45) is 5.92 Å². The second-order valence-electron chi connectivity index (χ2n) is 10.8. The van der Waals surface area contributed by atoms with Gasteiger partial charge in [-0.1, -0.05) is 85.6 Å². The summed E-state index contributed by atoms with van der Waals surface area (Å²) >= 11 is 5.76. The van der Waals surface area contributed by atoms with E-state index in [9.17, 15) is 31.2 Å². The lowest BCUT2D eigenvalue weighted by molar-refractivity contribution is -0.140. The first-order chi connectivity index (χ1) is 20.1. The van der Waals surface area contributed by atoms with Crippen LogP contribution in [-0.4, -0.2) is 50.5 Å². The van der Waals surface area contributed by atoms with Crippen LogP contribution in [0.15, 0.2) is 72.8 Å². The zero-order valence-corrected chi connectivity index (χ0v) is 25.9. The van der Waals surface area contributed by atoms with Crippen LogP contribution >= 0.6 is 11.6 Å². The van der Waals surface area contributed by atoms with Gasteiger partial charge in [-0.15, -0.1) is 0 Å². The second kappa shape index (κ2) is 14.3. The average molecular weight is 638 g/mol. The summed E-state index contributed by atoms with van der Waals surface area (Å²) in [5.74, 6) is -1.08. The number of carbonyl (C=O) groups excluding carboxylic acids is 2. The predicted octanol–water partition coefficient (Wildman–Crippen LogP) is 5.85. The molecule has 3 aromatic carbocycles. The number of rotatable bonds is 12. The first kappa shape index (κ1) is 33.9. The fraction of sp³-hybridized carbons (Fsp3) is 0.355. The molecule has 0 bridgehead atoms. The molecule has 0 aliphatic rings. The Hall–Kier alpha value is -3.57. The number of alkyl halides is 3. The molecule has 43 heavy (non-hydrogen) atoms. The van der Waals surface area contributed by atoms with Crippen LogP contribution in [-0.2, 0) is 38.8 Å². The van der Waals surface area contributed by atoms with E-state index in [0.717, 1.165) is 29.5 Å². The fourth-order valence-corrected chi connectivity index (χ4v) is 5.55.